The fourth-order valence-electron chi connectivity index (χ4n) is 3.63. The van der Waals surface area contributed by atoms with Crippen LogP contribution in [0, 0.1) is 21.9 Å². The van der Waals surface area contributed by atoms with E-state index in [1.165, 1.54) is 10.9 Å². The van der Waals surface area contributed by atoms with Crippen molar-refractivity contribution >= 4 is 76.0 Å². The van der Waals surface area contributed by atoms with Gasteiger partial charge in [-0.25, -0.2) is 23.7 Å². The van der Waals surface area contributed by atoms with Crippen molar-refractivity contribution in [3.05, 3.63) is 11.0 Å². The molecule has 0 bridgehead atoms. The number of anilines is 1. The molecule has 0 radical (unpaired) electrons. The molecular weight excluding hydrogens is 626 g/mol. The highest BCUT2D eigenvalue weighted by Gasteiger charge is 2.58. The minimum Gasteiger partial charge on any atom is -0.396 e. The third kappa shape index (κ3) is 6.79. The van der Waals surface area contributed by atoms with Gasteiger partial charge in [0.05, 0.1) is 25.1 Å². The molecule has 0 amide bonds. The van der Waals surface area contributed by atoms with Gasteiger partial charge in [0.2, 0.25) is 0 Å². The van der Waals surface area contributed by atoms with Crippen LogP contribution in [0.15, 0.2) is 6.33 Å². The van der Waals surface area contributed by atoms with Crippen molar-refractivity contribution in [3.8, 4) is 11.3 Å². The molecule has 0 aromatic carbocycles. The topological polar surface area (TPSA) is 262 Å². The molecule has 8 N–H and O–H groups in total. The number of alkyl halides is 1. The third-order valence-electron chi connectivity index (χ3n) is 4.91. The molecule has 1 saturated heterocycles. The molecule has 2 aromatic rings. The molecule has 1 fully saturated rings. The maximum atomic E-state index is 12.3. The number of nitrogens with two attached hydrogens (primary N) is 1. The van der Waals surface area contributed by atoms with Crippen molar-refractivity contribution in [2.75, 3.05) is 12.3 Å². The molecule has 1 aliphatic heterocycles. The lowest BCUT2D eigenvalue weighted by Gasteiger charge is -2.28. The molecule has 23 heteroatoms. The van der Waals surface area contributed by atoms with Crippen molar-refractivity contribution in [2.24, 2.45) is 5.92 Å². The standard InChI is InChI=1S/C14H18Cl2N5O12P3S/c1-6(31-35(26,27)33-36(28,29)32-34(23,24)25)9-7(4-22)14(16,2-3-15)12(30-9)21-5-18-8-10(21)19-13(17)20-11(8)37/h5-7,9,12,22H,4H2,1H3,(H,26,27)(H,28,29)(H2,23,24,25)(H3,17,19,20,37)/t6-,7?,9-,12-,14?/m1/s1. The molecule has 4 unspecified atom stereocenters. The Hall–Kier alpha value is -0.960. The van der Waals surface area contributed by atoms with E-state index in [0.717, 1.165) is 6.92 Å². The van der Waals surface area contributed by atoms with Crippen LogP contribution in [-0.2, 0) is 31.6 Å². The van der Waals surface area contributed by atoms with Crippen LogP contribution in [0.25, 0.3) is 11.2 Å². The van der Waals surface area contributed by atoms with Gasteiger partial charge >= 0.3 is 23.5 Å². The average molecular weight is 644 g/mol. The molecule has 17 nitrogen and oxygen atoms in total. The molecule has 1 aliphatic rings. The molecule has 3 heterocycles. The second kappa shape index (κ2) is 10.9. The van der Waals surface area contributed by atoms with E-state index in [4.69, 9.17) is 60.2 Å². The summed E-state index contributed by atoms with van der Waals surface area (Å²) in [7, 11) is -16.9. The number of phosphoric acid groups is 3. The predicted octanol–water partition coefficient (Wildman–Crippen LogP) is 1.49. The number of rotatable bonds is 9. The molecule has 0 saturated carbocycles. The highest BCUT2D eigenvalue weighted by Crippen LogP contribution is 2.67. The van der Waals surface area contributed by atoms with Crippen LogP contribution in [0.4, 0.5) is 5.95 Å². The zero-order valence-electron chi connectivity index (χ0n) is 18.1. The number of aromatic nitrogens is 4. The minimum atomic E-state index is -5.77. The molecule has 3 rings (SSSR count). The number of phosphoric ester groups is 1. The van der Waals surface area contributed by atoms with Gasteiger partial charge in [-0.05, 0) is 18.5 Å². The van der Waals surface area contributed by atoms with Gasteiger partial charge in [0.15, 0.2) is 21.7 Å². The van der Waals surface area contributed by atoms with E-state index in [2.05, 4.69) is 34.9 Å². The lowest BCUT2D eigenvalue weighted by atomic mass is 9.87. The van der Waals surface area contributed by atoms with Crippen LogP contribution in [0.3, 0.4) is 0 Å². The van der Waals surface area contributed by atoms with Gasteiger partial charge in [-0.2, -0.15) is 8.62 Å². The van der Waals surface area contributed by atoms with Crippen LogP contribution in [-0.4, -0.2) is 67.9 Å². The van der Waals surface area contributed by atoms with Crippen molar-refractivity contribution in [3.63, 3.8) is 0 Å². The Morgan fingerprint density at radius 1 is 1.32 bits per heavy atom. The van der Waals surface area contributed by atoms with Crippen molar-refractivity contribution in [1.82, 2.24) is 19.5 Å². The Kier molecular flexibility index (Phi) is 9.01. The van der Waals surface area contributed by atoms with Crippen LogP contribution >= 0.6 is 58.9 Å². The summed E-state index contributed by atoms with van der Waals surface area (Å²) in [5.74, 6) is 1.26. The summed E-state index contributed by atoms with van der Waals surface area (Å²) >= 11 is 17.5. The fourth-order valence-corrected chi connectivity index (χ4v) is 7.68. The number of aliphatic hydroxyl groups excluding tert-OH is 1. The number of aromatic amines is 1. The molecular formula is C14H18Cl2N5O12P3S. The summed E-state index contributed by atoms with van der Waals surface area (Å²) in [6.07, 6.45) is -2.97. The monoisotopic (exact) mass is 643 g/mol. The number of H-pyrrole nitrogens is 1. The summed E-state index contributed by atoms with van der Waals surface area (Å²) in [5, 5.41) is 12.2. The Morgan fingerprint density at radius 3 is 2.54 bits per heavy atom. The molecule has 37 heavy (non-hydrogen) atoms. The summed E-state index contributed by atoms with van der Waals surface area (Å²) < 4.78 is 54.3. The number of imidazole rings is 1. The molecule has 0 aliphatic carbocycles. The number of fused-ring (bicyclic) bond motifs is 1. The van der Waals surface area contributed by atoms with E-state index >= 15 is 0 Å². The van der Waals surface area contributed by atoms with Crippen molar-refractivity contribution in [1.29, 1.82) is 0 Å². The van der Waals surface area contributed by atoms with Gasteiger partial charge in [-0.1, -0.05) is 29.7 Å². The number of halogens is 2. The number of nitrogen functional groups attached to an aromatic ring is 1. The van der Waals surface area contributed by atoms with E-state index in [1.54, 1.807) is 0 Å². The van der Waals surface area contributed by atoms with E-state index in [0.29, 0.717) is 0 Å². The summed E-state index contributed by atoms with van der Waals surface area (Å²) in [6, 6.07) is 0. The first-order valence-corrected chi connectivity index (χ1v) is 15.2. The second-order valence-electron chi connectivity index (χ2n) is 7.41. The largest absolute Gasteiger partial charge is 0.490 e. The van der Waals surface area contributed by atoms with Gasteiger partial charge in [0.1, 0.15) is 11.2 Å². The van der Waals surface area contributed by atoms with Crippen molar-refractivity contribution < 1.29 is 56.3 Å². The molecule has 7 atom stereocenters. The number of nitrogens with one attached hydrogen (secondary N) is 1. The molecule has 0 spiro atoms. The van der Waals surface area contributed by atoms with Gasteiger partial charge in [0.25, 0.3) is 0 Å². The first-order valence-electron chi connectivity index (χ1n) is 9.55. The maximum Gasteiger partial charge on any atom is 0.490 e. The molecule has 2 aromatic heterocycles. The Bertz CT molecular complexity index is 1460. The van der Waals surface area contributed by atoms with Gasteiger partial charge in [0, 0.05) is 11.3 Å². The first-order chi connectivity index (χ1) is 16.9. The van der Waals surface area contributed by atoms with Crippen molar-refractivity contribution in [2.45, 2.75) is 30.2 Å². The van der Waals surface area contributed by atoms with E-state index in [-0.39, 0.29) is 21.8 Å². The Labute approximate surface area is 222 Å². The average Bonchev–Trinajstić information content (AvgIpc) is 3.23. The summed E-state index contributed by atoms with van der Waals surface area (Å²) in [4.78, 5) is 45.5. The van der Waals surface area contributed by atoms with Gasteiger partial charge in [-0.3, -0.25) is 9.09 Å². The third-order valence-corrected chi connectivity index (χ3v) is 9.78. The smallest absolute Gasteiger partial charge is 0.396 e. The SMILES string of the molecule is C[C@@H](OP(=O)(O)OP(=O)(O)OP(=O)(O)O)[C@H]1O[C@@H](n2cnc3c(=S)nc(N)[nH]c32)C(Cl)(C#CCl)C1CO. The minimum absolute atomic E-state index is 0.0443. The molecule has 206 valence electrons. The van der Waals surface area contributed by atoms with Crippen LogP contribution in [0.2, 0.25) is 0 Å². The van der Waals surface area contributed by atoms with E-state index in [1.807, 2.05) is 0 Å². The highest BCUT2D eigenvalue weighted by atomic mass is 35.5. The van der Waals surface area contributed by atoms with E-state index < -0.39 is 59.3 Å². The zero-order chi connectivity index (χ0) is 28.0. The number of ether oxygens (including phenoxy) is 1. The maximum absolute atomic E-state index is 12.3. The number of hydrogen-bond donors (Lipinski definition) is 7. The Morgan fingerprint density at radius 2 is 1.97 bits per heavy atom. The Balaban J connectivity index is 1.97. The zero-order valence-corrected chi connectivity index (χ0v) is 23.1. The summed E-state index contributed by atoms with van der Waals surface area (Å²) in [6.45, 7) is 0.424. The van der Waals surface area contributed by atoms with Crippen LogP contribution in [0.5, 0.6) is 0 Å². The van der Waals surface area contributed by atoms with Crippen LogP contribution in [0.1, 0.15) is 13.2 Å². The normalized spacial score (nSPS) is 28.3. The van der Waals surface area contributed by atoms with E-state index in [9.17, 15) is 28.6 Å². The predicted molar refractivity (Wildman–Crippen MR) is 128 cm³/mol. The highest BCUT2D eigenvalue weighted by molar-refractivity contribution is 7.71. The fraction of sp³-hybridized carbons (Fsp3) is 0.500. The first kappa shape index (κ1) is 30.6. The van der Waals surface area contributed by atoms with Gasteiger partial charge in [-0.15, -0.1) is 0 Å². The lowest BCUT2D eigenvalue weighted by Crippen LogP contribution is -2.41. The number of nitrogens with zero attached hydrogens (tertiary/aromatic N) is 3. The van der Waals surface area contributed by atoms with Crippen LogP contribution < -0.4 is 5.73 Å². The summed E-state index contributed by atoms with van der Waals surface area (Å²) in [5.41, 5.74) is 6.13. The second-order valence-corrected chi connectivity index (χ2v) is 13.0. The quantitative estimate of drug-likeness (QED) is 0.0882. The lowest BCUT2D eigenvalue weighted by molar-refractivity contribution is -0.0641. The number of hydrogen-bond acceptors (Lipinski definition) is 12. The van der Waals surface area contributed by atoms with Gasteiger partial charge < -0.3 is 40.1 Å². The number of aliphatic hydroxyl groups is 1.